The zero-order valence-corrected chi connectivity index (χ0v) is 23.6. The standard InChI is InChI=1S/C15H15NO2.C14H11NO2.Y/c1-4-5-6-11-7-10(2)8-13-12(11)9-14(17)16(3)15(13)18;1-7-3-5-9-12-10(14(17)15-13(9)16)6-4-8(2)11(7)12;/h4-8H,1,9H2,2-3H3;3-6H,1-2H3,(H,15,16,17);/p-1/b6-5-;;. The number of carbonyl (C=O) groups excluding carboxylic acids is 4. The molecule has 7 heteroatoms. The van der Waals surface area contributed by atoms with Gasteiger partial charge in [-0.3, -0.25) is 14.5 Å². The third kappa shape index (κ3) is 4.88. The average Bonchev–Trinajstić information content (AvgIpc) is 2.82. The van der Waals surface area contributed by atoms with Gasteiger partial charge in [0.1, 0.15) is 0 Å². The first-order valence-corrected chi connectivity index (χ1v) is 11.2. The van der Waals surface area contributed by atoms with Gasteiger partial charge in [0.15, 0.2) is 0 Å². The van der Waals surface area contributed by atoms with Crippen LogP contribution in [0.5, 0.6) is 0 Å². The maximum absolute atomic E-state index is 12.1. The fraction of sp³-hybridized carbons (Fsp3) is 0.172. The number of allylic oxidation sites excluding steroid dienone is 2. The van der Waals surface area contributed by atoms with E-state index in [0.29, 0.717) is 16.7 Å². The van der Waals surface area contributed by atoms with Crippen LogP contribution in [0, 0.1) is 20.8 Å². The van der Waals surface area contributed by atoms with Crippen LogP contribution >= 0.6 is 0 Å². The molecule has 0 fully saturated rings. The zero-order chi connectivity index (χ0) is 25.4. The third-order valence-electron chi connectivity index (χ3n) is 6.32. The van der Waals surface area contributed by atoms with Crippen LogP contribution in [-0.2, 0) is 43.9 Å². The Morgan fingerprint density at radius 1 is 0.861 bits per heavy atom. The molecule has 0 N–H and O–H groups in total. The van der Waals surface area contributed by atoms with Crippen molar-refractivity contribution in [1.82, 2.24) is 4.90 Å². The SMILES string of the molecule is C=C/C=C\c1cc(C)cc2c1CC(=O)N(C)C2=O.Cc1ccc2c3c(ccc(C)c13)C(=O)[N-]C2=O.[Y]. The molecule has 0 spiro atoms. The van der Waals surface area contributed by atoms with Crippen molar-refractivity contribution in [1.29, 1.82) is 0 Å². The smallest absolute Gasteiger partial charge is 0.260 e. The molecule has 0 aliphatic carbocycles. The summed E-state index contributed by atoms with van der Waals surface area (Å²) in [5, 5.41) is 5.29. The molecule has 4 amide bonds. The van der Waals surface area contributed by atoms with E-state index in [1.54, 1.807) is 18.2 Å². The van der Waals surface area contributed by atoms with Crippen LogP contribution in [0.4, 0.5) is 0 Å². The van der Waals surface area contributed by atoms with Gasteiger partial charge in [-0.2, -0.15) is 0 Å². The topological polar surface area (TPSA) is 85.6 Å². The normalized spacial score (nSPS) is 14.2. The van der Waals surface area contributed by atoms with E-state index >= 15 is 0 Å². The van der Waals surface area contributed by atoms with Gasteiger partial charge in [0.05, 0.1) is 18.2 Å². The molecule has 0 saturated carbocycles. The fourth-order valence-corrected chi connectivity index (χ4v) is 4.56. The predicted octanol–water partition coefficient (Wildman–Crippen LogP) is 5.47. The summed E-state index contributed by atoms with van der Waals surface area (Å²) < 4.78 is 0. The first-order valence-electron chi connectivity index (χ1n) is 11.2. The molecule has 5 rings (SSSR count). The number of aryl methyl sites for hydroxylation is 3. The van der Waals surface area contributed by atoms with E-state index in [2.05, 4.69) is 11.9 Å². The van der Waals surface area contributed by atoms with E-state index in [4.69, 9.17) is 0 Å². The Morgan fingerprint density at radius 3 is 2.00 bits per heavy atom. The fourth-order valence-electron chi connectivity index (χ4n) is 4.56. The van der Waals surface area contributed by atoms with Crippen LogP contribution in [0.15, 0.2) is 55.1 Å². The number of fused-ring (bicyclic) bond motifs is 1. The number of imide groups is 2. The van der Waals surface area contributed by atoms with Crippen LogP contribution in [0.2, 0.25) is 0 Å². The van der Waals surface area contributed by atoms with Gasteiger partial charge in [-0.1, -0.05) is 55.1 Å². The van der Waals surface area contributed by atoms with Crippen molar-refractivity contribution in [2.45, 2.75) is 27.2 Å². The Kier molecular flexibility index (Phi) is 8.22. The van der Waals surface area contributed by atoms with Crippen molar-refractivity contribution in [2.75, 3.05) is 7.05 Å². The second-order valence-electron chi connectivity index (χ2n) is 8.74. The van der Waals surface area contributed by atoms with E-state index < -0.39 is 11.8 Å². The predicted molar refractivity (Wildman–Crippen MR) is 137 cm³/mol. The summed E-state index contributed by atoms with van der Waals surface area (Å²) in [5.74, 6) is -1.25. The van der Waals surface area contributed by atoms with Gasteiger partial charge in [0.2, 0.25) is 5.91 Å². The van der Waals surface area contributed by atoms with Crippen LogP contribution in [0.3, 0.4) is 0 Å². The maximum Gasteiger partial charge on any atom is 0.260 e. The number of hydrogen-bond acceptors (Lipinski definition) is 4. The van der Waals surface area contributed by atoms with Crippen molar-refractivity contribution in [3.63, 3.8) is 0 Å². The average molecular weight is 554 g/mol. The first-order chi connectivity index (χ1) is 16.6. The molecule has 6 nitrogen and oxygen atoms in total. The molecule has 2 heterocycles. The second kappa shape index (κ2) is 10.8. The molecule has 2 aliphatic heterocycles. The molecular weight excluding hydrogens is 529 g/mol. The summed E-state index contributed by atoms with van der Waals surface area (Å²) in [6, 6.07) is 11.1. The molecule has 0 saturated heterocycles. The minimum absolute atomic E-state index is 0. The molecule has 0 bridgehead atoms. The second-order valence-corrected chi connectivity index (χ2v) is 8.74. The quantitative estimate of drug-likeness (QED) is 0.311. The summed E-state index contributed by atoms with van der Waals surface area (Å²) in [6.45, 7) is 9.53. The van der Waals surface area contributed by atoms with Gasteiger partial charge >= 0.3 is 0 Å². The molecule has 3 aromatic rings. The van der Waals surface area contributed by atoms with Crippen LogP contribution in [0.25, 0.3) is 22.2 Å². The van der Waals surface area contributed by atoms with Crippen LogP contribution in [0.1, 0.15) is 58.9 Å². The largest absolute Gasteiger partial charge is 0.587 e. The summed E-state index contributed by atoms with van der Waals surface area (Å²) >= 11 is 0. The van der Waals surface area contributed by atoms with Gasteiger partial charge in [-0.15, -0.1) is 0 Å². The number of benzene rings is 3. The van der Waals surface area contributed by atoms with Crippen LogP contribution < -0.4 is 0 Å². The number of amides is 4. The number of likely N-dealkylation sites (N-methyl/N-ethyl adjacent to an activating group) is 1. The van der Waals surface area contributed by atoms with Gasteiger partial charge in [-0.25, -0.2) is 0 Å². The molecule has 36 heavy (non-hydrogen) atoms. The Hall–Kier alpha value is -3.22. The van der Waals surface area contributed by atoms with Crippen molar-refractivity contribution in [3.05, 3.63) is 105 Å². The van der Waals surface area contributed by atoms with Crippen LogP contribution in [-0.4, -0.2) is 35.6 Å². The summed E-state index contributed by atoms with van der Waals surface area (Å²) in [5.41, 5.74) is 6.57. The minimum atomic E-state index is -0.432. The summed E-state index contributed by atoms with van der Waals surface area (Å²) in [6.07, 6.45) is 5.63. The van der Waals surface area contributed by atoms with E-state index in [1.807, 2.05) is 57.2 Å². The maximum atomic E-state index is 12.1. The zero-order valence-electron chi connectivity index (χ0n) is 20.7. The number of carbonyl (C=O) groups is 4. The number of hydrogen-bond donors (Lipinski definition) is 0. The van der Waals surface area contributed by atoms with Crippen molar-refractivity contribution in [2.24, 2.45) is 0 Å². The number of rotatable bonds is 2. The monoisotopic (exact) mass is 554 g/mol. The molecule has 2 aliphatic rings. The van der Waals surface area contributed by atoms with E-state index in [9.17, 15) is 19.2 Å². The van der Waals surface area contributed by atoms with Gasteiger partial charge in [0, 0.05) is 61.8 Å². The Bertz CT molecular complexity index is 1430. The minimum Gasteiger partial charge on any atom is -0.587 e. The van der Waals surface area contributed by atoms with Crippen molar-refractivity contribution in [3.8, 4) is 0 Å². The summed E-state index contributed by atoms with van der Waals surface area (Å²) in [4.78, 5) is 48.4. The molecular formula is C29H25N2O4Y-. The van der Waals surface area contributed by atoms with E-state index in [0.717, 1.165) is 38.6 Å². The molecule has 179 valence electrons. The number of nitrogens with zero attached hydrogens (tertiary/aromatic N) is 2. The molecule has 0 atom stereocenters. The molecule has 0 unspecified atom stereocenters. The van der Waals surface area contributed by atoms with Crippen molar-refractivity contribution >= 4 is 40.5 Å². The van der Waals surface area contributed by atoms with E-state index in [1.165, 1.54) is 11.9 Å². The van der Waals surface area contributed by atoms with Gasteiger partial charge < -0.3 is 14.9 Å². The third-order valence-corrected chi connectivity index (χ3v) is 6.32. The van der Waals surface area contributed by atoms with Crippen molar-refractivity contribution < 1.29 is 51.9 Å². The van der Waals surface area contributed by atoms with Gasteiger partial charge in [0.25, 0.3) is 5.91 Å². The molecule has 0 aromatic heterocycles. The molecule has 3 aromatic carbocycles. The van der Waals surface area contributed by atoms with Gasteiger partial charge in [-0.05, 0) is 60.0 Å². The Balaban J connectivity index is 0.000000195. The summed E-state index contributed by atoms with van der Waals surface area (Å²) in [7, 11) is 1.52. The molecule has 1 radical (unpaired) electrons. The Labute approximate surface area is 235 Å². The Morgan fingerprint density at radius 2 is 1.44 bits per heavy atom. The first kappa shape index (κ1) is 27.4. The van der Waals surface area contributed by atoms with E-state index in [-0.39, 0.29) is 50.9 Å².